The minimum atomic E-state index is -0.605. The van der Waals surface area contributed by atoms with Crippen LogP contribution >= 0.6 is 0 Å². The molecule has 0 bridgehead atoms. The molecule has 0 aliphatic rings. The van der Waals surface area contributed by atoms with Crippen molar-refractivity contribution in [3.8, 4) is 5.75 Å². The Labute approximate surface area is 134 Å². The predicted molar refractivity (Wildman–Crippen MR) is 82.3 cm³/mol. The summed E-state index contributed by atoms with van der Waals surface area (Å²) < 4.78 is 15.1. The normalized spacial score (nSPS) is 10.0. The molecule has 0 radical (unpaired) electrons. The van der Waals surface area contributed by atoms with Gasteiger partial charge in [-0.05, 0) is 36.8 Å². The summed E-state index contributed by atoms with van der Waals surface area (Å²) in [6.45, 7) is 2.05. The number of aromatic nitrogens is 1. The Hall–Kier alpha value is -2.89. The molecular formula is C17H17NO5. The van der Waals surface area contributed by atoms with Crippen LogP contribution in [0.25, 0.3) is 0 Å². The van der Waals surface area contributed by atoms with Crippen molar-refractivity contribution in [1.82, 2.24) is 4.98 Å². The van der Waals surface area contributed by atoms with Crippen molar-refractivity contribution < 1.29 is 23.8 Å². The summed E-state index contributed by atoms with van der Waals surface area (Å²) in [6.07, 6.45) is 0. The van der Waals surface area contributed by atoms with Gasteiger partial charge in [0.15, 0.2) is 0 Å². The number of ether oxygens (including phenoxy) is 3. The van der Waals surface area contributed by atoms with Gasteiger partial charge in [-0.1, -0.05) is 18.2 Å². The summed E-state index contributed by atoms with van der Waals surface area (Å²) in [7, 11) is 1.58. The van der Waals surface area contributed by atoms with Crippen molar-refractivity contribution in [3.05, 3.63) is 59.4 Å². The van der Waals surface area contributed by atoms with Gasteiger partial charge in [0, 0.05) is 0 Å². The topological polar surface area (TPSA) is 74.7 Å². The Morgan fingerprint density at radius 1 is 0.957 bits per heavy atom. The number of esters is 2. The Morgan fingerprint density at radius 2 is 1.57 bits per heavy atom. The van der Waals surface area contributed by atoms with Gasteiger partial charge in [-0.3, -0.25) is 0 Å². The molecule has 6 heteroatoms. The molecule has 2 aromatic rings. The second-order valence-electron chi connectivity index (χ2n) is 4.55. The fourth-order valence-corrected chi connectivity index (χ4v) is 1.81. The summed E-state index contributed by atoms with van der Waals surface area (Å²) in [5.41, 5.74) is 0.954. The summed E-state index contributed by atoms with van der Waals surface area (Å²) in [6, 6.07) is 11.7. The lowest BCUT2D eigenvalue weighted by Gasteiger charge is -2.06. The predicted octanol–water partition coefficient (Wildman–Crippen LogP) is 2.62. The maximum atomic E-state index is 12.0. The molecule has 0 fully saturated rings. The number of rotatable bonds is 6. The van der Waals surface area contributed by atoms with Crippen LogP contribution in [0.1, 0.15) is 33.5 Å². The molecule has 0 amide bonds. The van der Waals surface area contributed by atoms with Gasteiger partial charge in [-0.15, -0.1) is 0 Å². The number of hydrogen-bond donors (Lipinski definition) is 0. The van der Waals surface area contributed by atoms with Gasteiger partial charge in [-0.2, -0.15) is 0 Å². The SMILES string of the molecule is CCOC(=O)c1cccc(C(=O)OCc2ccc(OC)cc2)n1. The first-order valence-corrected chi connectivity index (χ1v) is 7.08. The van der Waals surface area contributed by atoms with Gasteiger partial charge < -0.3 is 14.2 Å². The van der Waals surface area contributed by atoms with Gasteiger partial charge in [0.1, 0.15) is 23.7 Å². The second-order valence-corrected chi connectivity index (χ2v) is 4.55. The summed E-state index contributed by atoms with van der Waals surface area (Å²) in [5, 5.41) is 0. The monoisotopic (exact) mass is 315 g/mol. The zero-order valence-corrected chi connectivity index (χ0v) is 12.9. The summed E-state index contributed by atoms with van der Waals surface area (Å²) in [4.78, 5) is 27.6. The smallest absolute Gasteiger partial charge is 0.357 e. The third-order valence-electron chi connectivity index (χ3n) is 2.97. The Bertz CT molecular complexity index is 682. The second kappa shape index (κ2) is 7.93. The van der Waals surface area contributed by atoms with Crippen LogP contribution in [-0.2, 0) is 16.1 Å². The van der Waals surface area contributed by atoms with Crippen LogP contribution in [0.5, 0.6) is 5.75 Å². The first-order valence-electron chi connectivity index (χ1n) is 7.08. The lowest BCUT2D eigenvalue weighted by molar-refractivity contribution is 0.0464. The van der Waals surface area contributed by atoms with Crippen LogP contribution in [0.3, 0.4) is 0 Å². The molecule has 23 heavy (non-hydrogen) atoms. The Balaban J connectivity index is 1.99. The van der Waals surface area contributed by atoms with E-state index < -0.39 is 11.9 Å². The van der Waals surface area contributed by atoms with Crippen molar-refractivity contribution in [2.75, 3.05) is 13.7 Å². The molecule has 0 saturated carbocycles. The minimum absolute atomic E-state index is 0.0593. The van der Waals surface area contributed by atoms with Gasteiger partial charge in [-0.25, -0.2) is 14.6 Å². The molecule has 1 heterocycles. The van der Waals surface area contributed by atoms with Gasteiger partial charge in [0.25, 0.3) is 0 Å². The van der Waals surface area contributed by atoms with E-state index in [1.54, 1.807) is 44.4 Å². The van der Waals surface area contributed by atoms with E-state index in [2.05, 4.69) is 4.98 Å². The van der Waals surface area contributed by atoms with Crippen LogP contribution in [0.4, 0.5) is 0 Å². The fraction of sp³-hybridized carbons (Fsp3) is 0.235. The Kier molecular flexibility index (Phi) is 5.68. The Morgan fingerprint density at radius 3 is 2.13 bits per heavy atom. The highest BCUT2D eigenvalue weighted by Crippen LogP contribution is 2.12. The fourth-order valence-electron chi connectivity index (χ4n) is 1.81. The molecule has 0 N–H and O–H groups in total. The third-order valence-corrected chi connectivity index (χ3v) is 2.97. The maximum absolute atomic E-state index is 12.0. The average Bonchev–Trinajstić information content (AvgIpc) is 2.60. The van der Waals surface area contributed by atoms with E-state index in [-0.39, 0.29) is 24.6 Å². The van der Waals surface area contributed by atoms with E-state index in [9.17, 15) is 9.59 Å². The van der Waals surface area contributed by atoms with Crippen LogP contribution < -0.4 is 4.74 Å². The molecule has 0 aliphatic carbocycles. The van der Waals surface area contributed by atoms with E-state index in [4.69, 9.17) is 14.2 Å². The zero-order valence-electron chi connectivity index (χ0n) is 12.9. The third kappa shape index (κ3) is 4.54. The molecule has 1 aromatic carbocycles. The van der Waals surface area contributed by atoms with Crippen molar-refractivity contribution in [3.63, 3.8) is 0 Å². The maximum Gasteiger partial charge on any atom is 0.357 e. The van der Waals surface area contributed by atoms with Crippen molar-refractivity contribution in [2.24, 2.45) is 0 Å². The van der Waals surface area contributed by atoms with Gasteiger partial charge in [0.05, 0.1) is 13.7 Å². The zero-order chi connectivity index (χ0) is 16.7. The van der Waals surface area contributed by atoms with Crippen LogP contribution in [-0.4, -0.2) is 30.6 Å². The van der Waals surface area contributed by atoms with Gasteiger partial charge >= 0.3 is 11.9 Å². The molecule has 0 atom stereocenters. The first kappa shape index (κ1) is 16.5. The minimum Gasteiger partial charge on any atom is -0.497 e. The van der Waals surface area contributed by atoms with Crippen molar-refractivity contribution in [2.45, 2.75) is 13.5 Å². The highest BCUT2D eigenvalue weighted by molar-refractivity contribution is 5.91. The number of carbonyl (C=O) groups is 2. The van der Waals surface area contributed by atoms with E-state index in [0.717, 1.165) is 11.3 Å². The molecule has 2 rings (SSSR count). The van der Waals surface area contributed by atoms with Crippen molar-refractivity contribution >= 4 is 11.9 Å². The molecule has 0 spiro atoms. The molecule has 1 aromatic heterocycles. The number of benzene rings is 1. The van der Waals surface area contributed by atoms with E-state index in [1.807, 2.05) is 0 Å². The van der Waals surface area contributed by atoms with E-state index in [1.165, 1.54) is 12.1 Å². The number of pyridine rings is 1. The van der Waals surface area contributed by atoms with Crippen LogP contribution in [0.2, 0.25) is 0 Å². The molecule has 6 nitrogen and oxygen atoms in total. The summed E-state index contributed by atoms with van der Waals surface area (Å²) >= 11 is 0. The lowest BCUT2D eigenvalue weighted by Crippen LogP contribution is -2.12. The first-order chi connectivity index (χ1) is 11.1. The quantitative estimate of drug-likeness (QED) is 0.763. The number of carbonyl (C=O) groups excluding carboxylic acids is 2. The molecular weight excluding hydrogens is 298 g/mol. The van der Waals surface area contributed by atoms with Crippen LogP contribution in [0.15, 0.2) is 42.5 Å². The summed E-state index contributed by atoms with van der Waals surface area (Å²) in [5.74, 6) is -0.451. The van der Waals surface area contributed by atoms with Crippen LogP contribution in [0, 0.1) is 0 Å². The largest absolute Gasteiger partial charge is 0.497 e. The van der Waals surface area contributed by atoms with Crippen molar-refractivity contribution in [1.29, 1.82) is 0 Å². The molecule has 0 aliphatic heterocycles. The van der Waals surface area contributed by atoms with E-state index in [0.29, 0.717) is 0 Å². The lowest BCUT2D eigenvalue weighted by atomic mass is 10.2. The highest BCUT2D eigenvalue weighted by Gasteiger charge is 2.14. The number of methoxy groups -OCH3 is 1. The number of nitrogens with zero attached hydrogens (tertiary/aromatic N) is 1. The number of hydrogen-bond acceptors (Lipinski definition) is 6. The highest BCUT2D eigenvalue weighted by atomic mass is 16.5. The van der Waals surface area contributed by atoms with E-state index >= 15 is 0 Å². The molecule has 120 valence electrons. The molecule has 0 unspecified atom stereocenters. The molecule has 0 saturated heterocycles. The average molecular weight is 315 g/mol. The standard InChI is InChI=1S/C17H17NO5/c1-3-22-16(19)14-5-4-6-15(18-14)17(20)23-11-12-7-9-13(21-2)10-8-12/h4-10H,3,11H2,1-2H3. The van der Waals surface area contributed by atoms with Gasteiger partial charge in [0.2, 0.25) is 0 Å².